The second-order valence-electron chi connectivity index (χ2n) is 8.25. The summed E-state index contributed by atoms with van der Waals surface area (Å²) in [6.07, 6.45) is 3.12. The summed E-state index contributed by atoms with van der Waals surface area (Å²) in [4.78, 5) is 12.6. The predicted molar refractivity (Wildman–Crippen MR) is 103 cm³/mol. The van der Waals surface area contributed by atoms with Gasteiger partial charge in [0.05, 0.1) is 17.3 Å². The number of hydrogen-bond acceptors (Lipinski definition) is 3. The van der Waals surface area contributed by atoms with Crippen molar-refractivity contribution in [2.45, 2.75) is 59.1 Å². The van der Waals surface area contributed by atoms with Crippen molar-refractivity contribution in [3.8, 4) is 5.75 Å². The summed E-state index contributed by atoms with van der Waals surface area (Å²) in [5.74, 6) is 0.459. The molecule has 1 aromatic heterocycles. The Morgan fingerprint density at radius 1 is 1.12 bits per heavy atom. The third-order valence-electron chi connectivity index (χ3n) is 4.03. The first kappa shape index (κ1) is 19.0. The maximum absolute atomic E-state index is 12.6. The highest BCUT2D eigenvalue weighted by molar-refractivity contribution is 5.53. The fraction of sp³-hybridized carbons (Fsp3) is 0.429. The van der Waals surface area contributed by atoms with Crippen molar-refractivity contribution in [2.75, 3.05) is 0 Å². The van der Waals surface area contributed by atoms with Crippen molar-refractivity contribution < 1.29 is 4.74 Å². The molecule has 0 spiro atoms. The highest BCUT2D eigenvalue weighted by Crippen LogP contribution is 2.23. The van der Waals surface area contributed by atoms with Gasteiger partial charge in [0.1, 0.15) is 6.61 Å². The number of ether oxygens (including phenoxy) is 1. The quantitative estimate of drug-likeness (QED) is 0.822. The van der Waals surface area contributed by atoms with Gasteiger partial charge < -0.3 is 4.74 Å². The molecule has 0 saturated heterocycles. The molecular weight excluding hydrogens is 312 g/mol. The van der Waals surface area contributed by atoms with E-state index in [1.807, 2.05) is 20.8 Å². The van der Waals surface area contributed by atoms with E-state index in [-0.39, 0.29) is 11.0 Å². The summed E-state index contributed by atoms with van der Waals surface area (Å²) in [5.41, 5.74) is 2.30. The van der Waals surface area contributed by atoms with Crippen LogP contribution in [0.5, 0.6) is 5.75 Å². The van der Waals surface area contributed by atoms with E-state index >= 15 is 0 Å². The Kier molecular flexibility index (Phi) is 5.21. The van der Waals surface area contributed by atoms with E-state index in [9.17, 15) is 4.79 Å². The second-order valence-corrected chi connectivity index (χ2v) is 8.25. The molecule has 0 fully saturated rings. The van der Waals surface area contributed by atoms with Crippen molar-refractivity contribution in [3.63, 3.8) is 0 Å². The van der Waals surface area contributed by atoms with Gasteiger partial charge in [0.15, 0.2) is 5.75 Å². The highest BCUT2D eigenvalue weighted by atomic mass is 16.5. The number of rotatable bonds is 4. The first-order chi connectivity index (χ1) is 11.5. The van der Waals surface area contributed by atoms with Gasteiger partial charge >= 0.3 is 0 Å². The molecule has 1 aromatic carbocycles. The van der Waals surface area contributed by atoms with Gasteiger partial charge in [-0.3, -0.25) is 4.79 Å². The molecule has 0 N–H and O–H groups in total. The Hall–Kier alpha value is -2.36. The zero-order valence-corrected chi connectivity index (χ0v) is 16.1. The molecule has 0 radical (unpaired) electrons. The van der Waals surface area contributed by atoms with Gasteiger partial charge in [0.25, 0.3) is 5.56 Å². The van der Waals surface area contributed by atoms with E-state index in [0.29, 0.717) is 17.9 Å². The summed E-state index contributed by atoms with van der Waals surface area (Å²) >= 11 is 0. The first-order valence-electron chi connectivity index (χ1n) is 8.51. The molecule has 2 aromatic rings. The summed E-state index contributed by atoms with van der Waals surface area (Å²) < 4.78 is 7.29. The molecule has 134 valence electrons. The Labute approximate surface area is 150 Å². The molecule has 25 heavy (non-hydrogen) atoms. The third kappa shape index (κ3) is 4.38. The topological polar surface area (TPSA) is 44.1 Å². The van der Waals surface area contributed by atoms with E-state index in [1.54, 1.807) is 6.20 Å². The number of benzene rings is 1. The van der Waals surface area contributed by atoms with Crippen LogP contribution in [0.25, 0.3) is 6.08 Å². The minimum atomic E-state index is -0.393. The SMILES string of the molecule is C=Cc1c(OCc2ccc(C(C)(C)C)cc2)cnn(C(C)(C)C)c1=O. The monoisotopic (exact) mass is 340 g/mol. The Balaban J connectivity index is 2.22. The molecular formula is C21H28N2O2. The molecule has 0 bridgehead atoms. The molecule has 0 amide bonds. The smallest absolute Gasteiger partial charge is 0.278 e. The zero-order chi connectivity index (χ0) is 18.8. The largest absolute Gasteiger partial charge is 0.486 e. The van der Waals surface area contributed by atoms with Crippen LogP contribution in [-0.4, -0.2) is 9.78 Å². The summed E-state index contributed by atoms with van der Waals surface area (Å²) in [6, 6.07) is 8.34. The van der Waals surface area contributed by atoms with Crippen molar-refractivity contribution in [3.05, 3.63) is 64.1 Å². The fourth-order valence-corrected chi connectivity index (χ4v) is 2.49. The molecule has 4 nitrogen and oxygen atoms in total. The lowest BCUT2D eigenvalue weighted by atomic mass is 9.87. The summed E-state index contributed by atoms with van der Waals surface area (Å²) in [7, 11) is 0. The minimum Gasteiger partial charge on any atom is -0.486 e. The van der Waals surface area contributed by atoms with E-state index in [4.69, 9.17) is 4.74 Å². The lowest BCUT2D eigenvalue weighted by Crippen LogP contribution is -2.37. The highest BCUT2D eigenvalue weighted by Gasteiger charge is 2.19. The maximum Gasteiger partial charge on any atom is 0.278 e. The van der Waals surface area contributed by atoms with E-state index < -0.39 is 5.54 Å². The normalized spacial score (nSPS) is 12.1. The first-order valence-corrected chi connectivity index (χ1v) is 8.51. The number of aromatic nitrogens is 2. The molecule has 0 atom stereocenters. The molecule has 0 unspecified atom stereocenters. The average molecular weight is 340 g/mol. The van der Waals surface area contributed by atoms with Crippen LogP contribution < -0.4 is 10.3 Å². The minimum absolute atomic E-state index is 0.122. The number of hydrogen-bond donors (Lipinski definition) is 0. The lowest BCUT2D eigenvalue weighted by molar-refractivity contribution is 0.291. The molecule has 0 saturated carbocycles. The van der Waals surface area contributed by atoms with Crippen LogP contribution in [0.3, 0.4) is 0 Å². The average Bonchev–Trinajstić information content (AvgIpc) is 2.51. The molecule has 1 heterocycles. The van der Waals surface area contributed by atoms with Gasteiger partial charge in [0.2, 0.25) is 0 Å². The van der Waals surface area contributed by atoms with E-state index in [2.05, 4.69) is 56.7 Å². The van der Waals surface area contributed by atoms with Gasteiger partial charge in [-0.15, -0.1) is 0 Å². The molecule has 0 aliphatic heterocycles. The lowest BCUT2D eigenvalue weighted by Gasteiger charge is -2.22. The maximum atomic E-state index is 12.6. The van der Waals surface area contributed by atoms with Gasteiger partial charge in [-0.25, -0.2) is 4.68 Å². The van der Waals surface area contributed by atoms with Crippen LogP contribution in [-0.2, 0) is 17.6 Å². The van der Waals surface area contributed by atoms with Crippen LogP contribution in [0, 0.1) is 0 Å². The van der Waals surface area contributed by atoms with Gasteiger partial charge in [0, 0.05) is 0 Å². The van der Waals surface area contributed by atoms with Gasteiger partial charge in [-0.1, -0.05) is 57.7 Å². The number of nitrogens with zero attached hydrogens (tertiary/aromatic N) is 2. The standard InChI is InChI=1S/C21H28N2O2/c1-8-17-18(13-22-23(19(17)24)21(5,6)7)25-14-15-9-11-16(12-10-15)20(2,3)4/h8-13H,1,14H2,2-7H3. The predicted octanol–water partition coefficient (Wildman–Crippen LogP) is 4.52. The Bertz CT molecular complexity index is 804. The second kappa shape index (κ2) is 6.87. The molecule has 0 aliphatic rings. The van der Waals surface area contributed by atoms with Crippen molar-refractivity contribution >= 4 is 6.08 Å². The van der Waals surface area contributed by atoms with Crippen molar-refractivity contribution in [2.24, 2.45) is 0 Å². The van der Waals surface area contributed by atoms with Crippen molar-refractivity contribution in [1.82, 2.24) is 9.78 Å². The van der Waals surface area contributed by atoms with Crippen LogP contribution >= 0.6 is 0 Å². The fourth-order valence-electron chi connectivity index (χ4n) is 2.49. The molecule has 4 heteroatoms. The van der Waals surface area contributed by atoms with E-state index in [0.717, 1.165) is 5.56 Å². The zero-order valence-electron chi connectivity index (χ0n) is 16.1. The summed E-state index contributed by atoms with van der Waals surface area (Å²) in [5, 5.41) is 4.25. The molecule has 2 rings (SSSR count). The van der Waals surface area contributed by atoms with E-state index in [1.165, 1.54) is 16.3 Å². The Morgan fingerprint density at radius 3 is 2.20 bits per heavy atom. The van der Waals surface area contributed by atoms with Crippen LogP contribution in [0.2, 0.25) is 0 Å². The van der Waals surface area contributed by atoms with Crippen LogP contribution in [0.4, 0.5) is 0 Å². The summed E-state index contributed by atoms with van der Waals surface area (Å²) in [6.45, 7) is 16.5. The Morgan fingerprint density at radius 2 is 1.72 bits per heavy atom. The van der Waals surface area contributed by atoms with Gasteiger partial charge in [-0.2, -0.15) is 5.10 Å². The van der Waals surface area contributed by atoms with Crippen LogP contribution in [0.1, 0.15) is 58.2 Å². The molecule has 0 aliphatic carbocycles. The third-order valence-corrected chi connectivity index (χ3v) is 4.03. The van der Waals surface area contributed by atoms with Crippen LogP contribution in [0.15, 0.2) is 41.8 Å². The van der Waals surface area contributed by atoms with Gasteiger partial charge in [-0.05, 0) is 37.3 Å². The van der Waals surface area contributed by atoms with Crippen molar-refractivity contribution in [1.29, 1.82) is 0 Å².